The second kappa shape index (κ2) is 5.02. The average molecular weight is 213 g/mol. The molecule has 0 aliphatic heterocycles. The fourth-order valence-corrected chi connectivity index (χ4v) is 2.02. The van der Waals surface area contributed by atoms with Gasteiger partial charge in [0.1, 0.15) is 0 Å². The summed E-state index contributed by atoms with van der Waals surface area (Å²) in [6.45, 7) is 5.52. The van der Waals surface area contributed by atoms with Crippen LogP contribution < -0.4 is 0 Å². The molecule has 1 heterocycles. The fourth-order valence-electron chi connectivity index (χ4n) is 2.02. The summed E-state index contributed by atoms with van der Waals surface area (Å²) in [4.78, 5) is 0. The zero-order chi connectivity index (χ0) is 11.4. The van der Waals surface area contributed by atoms with Crippen LogP contribution in [0.15, 0.2) is 48.8 Å². The summed E-state index contributed by atoms with van der Waals surface area (Å²) in [6, 6.07) is 12.9. The molecule has 1 heteroatoms. The zero-order valence-corrected chi connectivity index (χ0v) is 10.1. The van der Waals surface area contributed by atoms with Crippen molar-refractivity contribution in [1.29, 1.82) is 0 Å². The van der Waals surface area contributed by atoms with Crippen LogP contribution in [0.25, 0.3) is 0 Å². The summed E-state index contributed by atoms with van der Waals surface area (Å²) in [6.07, 6.45) is 5.40. The van der Waals surface area contributed by atoms with Gasteiger partial charge in [0.05, 0.1) is 0 Å². The van der Waals surface area contributed by atoms with Crippen LogP contribution in [0.4, 0.5) is 0 Å². The summed E-state index contributed by atoms with van der Waals surface area (Å²) in [5.74, 6) is 0.714. The minimum atomic E-state index is 0.714. The third kappa shape index (κ3) is 2.75. The van der Waals surface area contributed by atoms with Crippen LogP contribution in [-0.2, 0) is 13.0 Å². The average Bonchev–Trinajstić information content (AvgIpc) is 2.73. The highest BCUT2D eigenvalue weighted by molar-refractivity contribution is 5.27. The van der Waals surface area contributed by atoms with Gasteiger partial charge in [-0.1, -0.05) is 38.1 Å². The summed E-state index contributed by atoms with van der Waals surface area (Å²) < 4.78 is 2.22. The standard InChI is InChI=1S/C15H19N/c1-13(2)11-14-7-3-4-8-15(14)12-16-9-5-6-10-16/h3-10,13H,11-12H2,1-2H3. The molecule has 0 spiro atoms. The van der Waals surface area contributed by atoms with Crippen LogP contribution in [-0.4, -0.2) is 4.57 Å². The highest BCUT2D eigenvalue weighted by Gasteiger charge is 2.04. The smallest absolute Gasteiger partial charge is 0.0472 e. The minimum Gasteiger partial charge on any atom is -0.350 e. The Morgan fingerprint density at radius 1 is 0.938 bits per heavy atom. The Morgan fingerprint density at radius 2 is 1.56 bits per heavy atom. The molecule has 84 valence electrons. The van der Waals surface area contributed by atoms with E-state index in [1.807, 2.05) is 0 Å². The summed E-state index contributed by atoms with van der Waals surface area (Å²) in [5, 5.41) is 0. The number of aromatic nitrogens is 1. The Labute approximate surface area is 97.7 Å². The summed E-state index contributed by atoms with van der Waals surface area (Å²) in [5.41, 5.74) is 2.92. The predicted octanol–water partition coefficient (Wildman–Crippen LogP) is 3.73. The van der Waals surface area contributed by atoms with Crippen LogP contribution in [0.1, 0.15) is 25.0 Å². The van der Waals surface area contributed by atoms with Gasteiger partial charge in [-0.3, -0.25) is 0 Å². The Bertz CT molecular complexity index is 426. The number of hydrogen-bond donors (Lipinski definition) is 0. The molecule has 0 saturated carbocycles. The van der Waals surface area contributed by atoms with Gasteiger partial charge in [0.15, 0.2) is 0 Å². The van der Waals surface area contributed by atoms with E-state index in [1.165, 1.54) is 11.1 Å². The third-order valence-corrected chi connectivity index (χ3v) is 2.77. The summed E-state index contributed by atoms with van der Waals surface area (Å²) in [7, 11) is 0. The molecule has 1 aromatic heterocycles. The van der Waals surface area contributed by atoms with Crippen LogP contribution in [0, 0.1) is 5.92 Å². The summed E-state index contributed by atoms with van der Waals surface area (Å²) >= 11 is 0. The van der Waals surface area contributed by atoms with E-state index in [2.05, 4.69) is 67.2 Å². The molecule has 1 aromatic carbocycles. The maximum atomic E-state index is 2.27. The molecule has 2 rings (SSSR count). The van der Waals surface area contributed by atoms with Gasteiger partial charge in [-0.25, -0.2) is 0 Å². The maximum Gasteiger partial charge on any atom is 0.0472 e. The second-order valence-corrected chi connectivity index (χ2v) is 4.72. The molecule has 1 nitrogen and oxygen atoms in total. The Morgan fingerprint density at radius 3 is 2.19 bits per heavy atom. The predicted molar refractivity (Wildman–Crippen MR) is 68.5 cm³/mol. The first kappa shape index (κ1) is 11.0. The molecule has 0 atom stereocenters. The van der Waals surface area contributed by atoms with Crippen molar-refractivity contribution >= 4 is 0 Å². The molecule has 0 N–H and O–H groups in total. The maximum absolute atomic E-state index is 2.27. The van der Waals surface area contributed by atoms with E-state index < -0.39 is 0 Å². The van der Waals surface area contributed by atoms with Crippen LogP contribution in [0.5, 0.6) is 0 Å². The Balaban J connectivity index is 2.19. The largest absolute Gasteiger partial charge is 0.350 e. The van der Waals surface area contributed by atoms with Crippen molar-refractivity contribution < 1.29 is 0 Å². The van der Waals surface area contributed by atoms with Crippen molar-refractivity contribution in [3.63, 3.8) is 0 Å². The molecule has 0 unspecified atom stereocenters. The van der Waals surface area contributed by atoms with Crippen molar-refractivity contribution in [3.8, 4) is 0 Å². The lowest BCUT2D eigenvalue weighted by Crippen LogP contribution is -2.03. The van der Waals surface area contributed by atoms with Crippen molar-refractivity contribution in [2.45, 2.75) is 26.8 Å². The zero-order valence-electron chi connectivity index (χ0n) is 10.1. The SMILES string of the molecule is CC(C)Cc1ccccc1Cn1cccc1. The highest BCUT2D eigenvalue weighted by atomic mass is 14.9. The van der Waals surface area contributed by atoms with Gasteiger partial charge < -0.3 is 4.57 Å². The molecular formula is C15H19N. The third-order valence-electron chi connectivity index (χ3n) is 2.77. The van der Waals surface area contributed by atoms with Crippen molar-refractivity contribution in [3.05, 3.63) is 59.9 Å². The normalized spacial score (nSPS) is 10.9. The quantitative estimate of drug-likeness (QED) is 0.729. The van der Waals surface area contributed by atoms with E-state index >= 15 is 0 Å². The number of hydrogen-bond acceptors (Lipinski definition) is 0. The first-order valence-corrected chi connectivity index (χ1v) is 5.93. The Hall–Kier alpha value is -1.50. The van der Waals surface area contributed by atoms with E-state index in [0.29, 0.717) is 5.92 Å². The number of rotatable bonds is 4. The molecule has 16 heavy (non-hydrogen) atoms. The molecule has 0 radical (unpaired) electrons. The molecule has 0 fully saturated rings. The van der Waals surface area contributed by atoms with Gasteiger partial charge in [0.2, 0.25) is 0 Å². The van der Waals surface area contributed by atoms with E-state index in [-0.39, 0.29) is 0 Å². The van der Waals surface area contributed by atoms with Gasteiger partial charge in [-0.05, 0) is 35.6 Å². The molecule has 0 amide bonds. The number of benzene rings is 1. The Kier molecular flexibility index (Phi) is 3.45. The lowest BCUT2D eigenvalue weighted by molar-refractivity contribution is 0.638. The van der Waals surface area contributed by atoms with Crippen molar-refractivity contribution in [1.82, 2.24) is 4.57 Å². The topological polar surface area (TPSA) is 4.93 Å². The lowest BCUT2D eigenvalue weighted by Gasteiger charge is -2.12. The van der Waals surface area contributed by atoms with E-state index in [0.717, 1.165) is 13.0 Å². The molecule has 2 aromatic rings. The monoisotopic (exact) mass is 213 g/mol. The molecule has 0 saturated heterocycles. The van der Waals surface area contributed by atoms with E-state index in [4.69, 9.17) is 0 Å². The van der Waals surface area contributed by atoms with Gasteiger partial charge in [0.25, 0.3) is 0 Å². The second-order valence-electron chi connectivity index (χ2n) is 4.72. The first-order valence-electron chi connectivity index (χ1n) is 5.93. The van der Waals surface area contributed by atoms with Crippen LogP contribution in [0.3, 0.4) is 0 Å². The van der Waals surface area contributed by atoms with Crippen LogP contribution in [0.2, 0.25) is 0 Å². The first-order chi connectivity index (χ1) is 7.75. The molecule has 0 bridgehead atoms. The van der Waals surface area contributed by atoms with E-state index in [9.17, 15) is 0 Å². The van der Waals surface area contributed by atoms with Crippen molar-refractivity contribution in [2.24, 2.45) is 5.92 Å². The molecular weight excluding hydrogens is 194 g/mol. The van der Waals surface area contributed by atoms with Gasteiger partial charge >= 0.3 is 0 Å². The van der Waals surface area contributed by atoms with Gasteiger partial charge in [0, 0.05) is 18.9 Å². The van der Waals surface area contributed by atoms with Gasteiger partial charge in [-0.15, -0.1) is 0 Å². The van der Waals surface area contributed by atoms with Crippen LogP contribution >= 0.6 is 0 Å². The van der Waals surface area contributed by atoms with E-state index in [1.54, 1.807) is 0 Å². The highest BCUT2D eigenvalue weighted by Crippen LogP contribution is 2.15. The fraction of sp³-hybridized carbons (Fsp3) is 0.333. The molecule has 0 aliphatic rings. The van der Waals surface area contributed by atoms with Gasteiger partial charge in [-0.2, -0.15) is 0 Å². The van der Waals surface area contributed by atoms with Crippen molar-refractivity contribution in [2.75, 3.05) is 0 Å². The molecule has 0 aliphatic carbocycles. The minimum absolute atomic E-state index is 0.714. The number of nitrogens with zero attached hydrogens (tertiary/aromatic N) is 1. The lowest BCUT2D eigenvalue weighted by atomic mass is 9.98.